The first-order chi connectivity index (χ1) is 5.31. The first-order valence-electron chi connectivity index (χ1n) is 4.62. The summed E-state index contributed by atoms with van der Waals surface area (Å²) in [6, 6.07) is 0.154. The molecule has 2 aliphatic carbocycles. The van der Waals surface area contributed by atoms with Gasteiger partial charge in [0.15, 0.2) is 0 Å². The summed E-state index contributed by atoms with van der Waals surface area (Å²) in [5.74, 6) is 1.20. The van der Waals surface area contributed by atoms with Gasteiger partial charge in [-0.05, 0) is 38.1 Å². The summed E-state index contributed by atoms with van der Waals surface area (Å²) < 4.78 is 13.5. The van der Waals surface area contributed by atoms with Crippen LogP contribution in [0.4, 0.5) is 4.39 Å². The lowest BCUT2D eigenvalue weighted by Crippen LogP contribution is -2.42. The largest absolute Gasteiger partial charge is 0.314 e. The summed E-state index contributed by atoms with van der Waals surface area (Å²) in [4.78, 5) is 0. The molecule has 2 fully saturated rings. The van der Waals surface area contributed by atoms with Gasteiger partial charge < -0.3 is 5.32 Å². The Labute approximate surface area is 67.4 Å². The zero-order valence-corrected chi connectivity index (χ0v) is 7.02. The summed E-state index contributed by atoms with van der Waals surface area (Å²) in [7, 11) is 1.88. The summed E-state index contributed by atoms with van der Waals surface area (Å²) in [5.41, 5.74) is 0. The molecule has 1 nitrogen and oxygen atoms in total. The molecule has 11 heavy (non-hydrogen) atoms. The van der Waals surface area contributed by atoms with Crippen molar-refractivity contribution in [1.29, 1.82) is 0 Å². The minimum absolute atomic E-state index is 0.154. The maximum atomic E-state index is 13.5. The molecular weight excluding hydrogens is 141 g/mol. The Bertz CT molecular complexity index is 148. The minimum Gasteiger partial charge on any atom is -0.314 e. The molecule has 0 unspecified atom stereocenters. The van der Waals surface area contributed by atoms with E-state index in [2.05, 4.69) is 5.32 Å². The van der Waals surface area contributed by atoms with Crippen molar-refractivity contribution in [3.8, 4) is 0 Å². The standard InChI is InChI=1S/C9H16FN/c1-11-8-5-6-2-3-7(4-6)9(8)10/h6-9,11H,2-5H2,1H3/t6-,7+,8+,9-/m1/s1. The molecule has 0 spiro atoms. The van der Waals surface area contributed by atoms with Crippen molar-refractivity contribution >= 4 is 0 Å². The Morgan fingerprint density at radius 3 is 2.82 bits per heavy atom. The highest BCUT2D eigenvalue weighted by molar-refractivity contribution is 4.94. The van der Waals surface area contributed by atoms with Gasteiger partial charge in [0.2, 0.25) is 0 Å². The third-order valence-electron chi connectivity index (χ3n) is 3.37. The van der Waals surface area contributed by atoms with Gasteiger partial charge in [0.1, 0.15) is 6.17 Å². The van der Waals surface area contributed by atoms with Gasteiger partial charge in [0, 0.05) is 6.04 Å². The minimum atomic E-state index is -0.571. The lowest BCUT2D eigenvalue weighted by molar-refractivity contribution is 0.131. The van der Waals surface area contributed by atoms with Crippen LogP contribution >= 0.6 is 0 Å². The van der Waals surface area contributed by atoms with Crippen molar-refractivity contribution in [2.75, 3.05) is 7.05 Å². The Kier molecular flexibility index (Phi) is 1.88. The quantitative estimate of drug-likeness (QED) is 0.611. The van der Waals surface area contributed by atoms with Gasteiger partial charge in [-0.25, -0.2) is 4.39 Å². The molecule has 2 heteroatoms. The average molecular weight is 157 g/mol. The molecule has 1 N–H and O–H groups in total. The molecule has 0 aromatic heterocycles. The van der Waals surface area contributed by atoms with Crippen LogP contribution in [-0.4, -0.2) is 19.3 Å². The van der Waals surface area contributed by atoms with E-state index in [-0.39, 0.29) is 6.04 Å². The Hall–Kier alpha value is -0.110. The fourth-order valence-electron chi connectivity index (χ4n) is 2.71. The van der Waals surface area contributed by atoms with E-state index in [9.17, 15) is 4.39 Å². The highest BCUT2D eigenvalue weighted by Crippen LogP contribution is 2.43. The van der Waals surface area contributed by atoms with Gasteiger partial charge in [-0.15, -0.1) is 0 Å². The highest BCUT2D eigenvalue weighted by Gasteiger charge is 2.41. The normalized spacial score (nSPS) is 49.6. The number of hydrogen-bond donors (Lipinski definition) is 1. The van der Waals surface area contributed by atoms with E-state index < -0.39 is 6.17 Å². The van der Waals surface area contributed by atoms with Crippen LogP contribution in [0.1, 0.15) is 25.7 Å². The molecule has 2 saturated carbocycles. The van der Waals surface area contributed by atoms with Gasteiger partial charge in [-0.3, -0.25) is 0 Å². The zero-order chi connectivity index (χ0) is 7.84. The van der Waals surface area contributed by atoms with Gasteiger partial charge in [0.05, 0.1) is 0 Å². The Morgan fingerprint density at radius 2 is 2.09 bits per heavy atom. The molecule has 2 rings (SSSR count). The topological polar surface area (TPSA) is 12.0 Å². The predicted octanol–water partition coefficient (Wildman–Crippen LogP) is 1.73. The molecule has 0 heterocycles. The van der Waals surface area contributed by atoms with Crippen LogP contribution in [-0.2, 0) is 0 Å². The second-order valence-electron chi connectivity index (χ2n) is 4.01. The molecule has 2 bridgehead atoms. The number of hydrogen-bond acceptors (Lipinski definition) is 1. The van der Waals surface area contributed by atoms with E-state index >= 15 is 0 Å². The molecular formula is C9H16FN. The van der Waals surface area contributed by atoms with E-state index in [0.717, 1.165) is 25.2 Å². The van der Waals surface area contributed by atoms with Gasteiger partial charge in [-0.2, -0.15) is 0 Å². The zero-order valence-electron chi connectivity index (χ0n) is 7.02. The number of rotatable bonds is 1. The van der Waals surface area contributed by atoms with E-state index in [1.54, 1.807) is 0 Å². The van der Waals surface area contributed by atoms with Crippen LogP contribution in [0.5, 0.6) is 0 Å². The van der Waals surface area contributed by atoms with Crippen molar-refractivity contribution in [2.24, 2.45) is 11.8 Å². The van der Waals surface area contributed by atoms with E-state index in [1.165, 1.54) is 6.42 Å². The van der Waals surface area contributed by atoms with Gasteiger partial charge in [0.25, 0.3) is 0 Å². The summed E-state index contributed by atoms with van der Waals surface area (Å²) >= 11 is 0. The molecule has 0 saturated heterocycles. The maximum Gasteiger partial charge on any atom is 0.118 e. The number of halogens is 1. The smallest absolute Gasteiger partial charge is 0.118 e. The predicted molar refractivity (Wildman–Crippen MR) is 43.2 cm³/mol. The van der Waals surface area contributed by atoms with E-state index in [4.69, 9.17) is 0 Å². The van der Waals surface area contributed by atoms with Crippen LogP contribution in [0.3, 0.4) is 0 Å². The Morgan fingerprint density at radius 1 is 1.27 bits per heavy atom. The summed E-state index contributed by atoms with van der Waals surface area (Å²) in [6.07, 6.45) is 4.04. The van der Waals surface area contributed by atoms with Crippen molar-refractivity contribution < 1.29 is 4.39 Å². The van der Waals surface area contributed by atoms with E-state index in [0.29, 0.717) is 5.92 Å². The molecule has 2 aliphatic rings. The Balaban J connectivity index is 2.05. The third kappa shape index (κ3) is 1.18. The molecule has 0 radical (unpaired) electrons. The average Bonchev–Trinajstić information content (AvgIpc) is 2.42. The summed E-state index contributed by atoms with van der Waals surface area (Å²) in [5, 5.41) is 3.08. The van der Waals surface area contributed by atoms with E-state index in [1.807, 2.05) is 7.05 Å². The molecule has 0 amide bonds. The lowest BCUT2D eigenvalue weighted by atomic mass is 9.84. The second kappa shape index (κ2) is 2.74. The summed E-state index contributed by atoms with van der Waals surface area (Å²) in [6.45, 7) is 0. The molecule has 4 atom stereocenters. The molecule has 0 aromatic carbocycles. The lowest BCUT2D eigenvalue weighted by Gasteiger charge is -2.31. The highest BCUT2D eigenvalue weighted by atomic mass is 19.1. The van der Waals surface area contributed by atoms with Crippen LogP contribution in [0.25, 0.3) is 0 Å². The van der Waals surface area contributed by atoms with Crippen molar-refractivity contribution in [2.45, 2.75) is 37.9 Å². The van der Waals surface area contributed by atoms with Crippen LogP contribution in [0.2, 0.25) is 0 Å². The number of alkyl halides is 1. The monoisotopic (exact) mass is 157 g/mol. The third-order valence-corrected chi connectivity index (χ3v) is 3.37. The van der Waals surface area contributed by atoms with Crippen molar-refractivity contribution in [3.63, 3.8) is 0 Å². The van der Waals surface area contributed by atoms with Crippen molar-refractivity contribution in [3.05, 3.63) is 0 Å². The second-order valence-corrected chi connectivity index (χ2v) is 4.01. The van der Waals surface area contributed by atoms with Gasteiger partial charge in [-0.1, -0.05) is 6.42 Å². The maximum absolute atomic E-state index is 13.5. The molecule has 0 aliphatic heterocycles. The molecule has 64 valence electrons. The van der Waals surface area contributed by atoms with Crippen LogP contribution in [0.15, 0.2) is 0 Å². The van der Waals surface area contributed by atoms with Crippen LogP contribution < -0.4 is 5.32 Å². The molecule has 0 aromatic rings. The van der Waals surface area contributed by atoms with Crippen LogP contribution in [0, 0.1) is 11.8 Å². The fraction of sp³-hybridized carbons (Fsp3) is 1.00. The first kappa shape index (κ1) is 7.53. The SMILES string of the molecule is CN[C@H]1C[C@@H]2CC[C@@H](C2)[C@H]1F. The first-order valence-corrected chi connectivity index (χ1v) is 4.62. The number of fused-ring (bicyclic) bond motifs is 2. The number of nitrogens with one attached hydrogen (secondary N) is 1. The van der Waals surface area contributed by atoms with Gasteiger partial charge >= 0.3 is 0 Å². The van der Waals surface area contributed by atoms with Crippen molar-refractivity contribution in [1.82, 2.24) is 5.32 Å². The fourth-order valence-corrected chi connectivity index (χ4v) is 2.71.